The molecule has 0 aliphatic heterocycles. The van der Waals surface area contributed by atoms with Gasteiger partial charge in [0.25, 0.3) is 0 Å². The molecule has 3 aromatic rings. The van der Waals surface area contributed by atoms with E-state index in [1.165, 1.54) is 12.8 Å². The highest BCUT2D eigenvalue weighted by Crippen LogP contribution is 2.23. The van der Waals surface area contributed by atoms with Gasteiger partial charge in [0.2, 0.25) is 11.8 Å². The van der Waals surface area contributed by atoms with Crippen molar-refractivity contribution in [3.63, 3.8) is 0 Å². The molecule has 8 nitrogen and oxygen atoms in total. The molecule has 1 aliphatic rings. The SMILES string of the molecule is COc1ccc(-c2n[nH]c(=S)n2CCC(=O)NCc2ccc(OC3CCCC3)nc2)cc1. The Morgan fingerprint density at radius 1 is 1.22 bits per heavy atom. The van der Waals surface area contributed by atoms with Gasteiger partial charge >= 0.3 is 0 Å². The van der Waals surface area contributed by atoms with Crippen LogP contribution in [0.5, 0.6) is 11.6 Å². The highest BCUT2D eigenvalue weighted by Gasteiger charge is 2.17. The monoisotopic (exact) mass is 453 g/mol. The predicted octanol–water partition coefficient (Wildman–Crippen LogP) is 4.04. The Hall–Kier alpha value is -3.20. The number of carbonyl (C=O) groups excluding carboxylic acids is 1. The normalized spacial score (nSPS) is 13.8. The average Bonchev–Trinajstić information content (AvgIpc) is 3.47. The predicted molar refractivity (Wildman–Crippen MR) is 123 cm³/mol. The third kappa shape index (κ3) is 5.53. The summed E-state index contributed by atoms with van der Waals surface area (Å²) >= 11 is 5.35. The molecule has 1 saturated carbocycles. The molecular formula is C23H27N5O3S. The van der Waals surface area contributed by atoms with Crippen molar-refractivity contribution < 1.29 is 14.3 Å². The summed E-state index contributed by atoms with van der Waals surface area (Å²) in [5, 5.41) is 10.1. The number of hydrogen-bond donors (Lipinski definition) is 2. The van der Waals surface area contributed by atoms with Gasteiger partial charge in [0.15, 0.2) is 10.6 Å². The molecule has 32 heavy (non-hydrogen) atoms. The summed E-state index contributed by atoms with van der Waals surface area (Å²) in [5.74, 6) is 2.03. The molecule has 4 rings (SSSR count). The molecule has 0 radical (unpaired) electrons. The first-order valence-electron chi connectivity index (χ1n) is 10.8. The van der Waals surface area contributed by atoms with Crippen molar-refractivity contribution in [2.45, 2.75) is 51.3 Å². The van der Waals surface area contributed by atoms with Crippen molar-refractivity contribution >= 4 is 18.1 Å². The van der Waals surface area contributed by atoms with Crippen LogP contribution in [-0.4, -0.2) is 38.9 Å². The molecule has 2 aromatic heterocycles. The van der Waals surface area contributed by atoms with E-state index in [9.17, 15) is 4.79 Å². The van der Waals surface area contributed by atoms with Gasteiger partial charge < -0.3 is 14.8 Å². The minimum Gasteiger partial charge on any atom is -0.497 e. The largest absolute Gasteiger partial charge is 0.497 e. The van der Waals surface area contributed by atoms with Gasteiger partial charge in [-0.1, -0.05) is 6.07 Å². The molecular weight excluding hydrogens is 426 g/mol. The summed E-state index contributed by atoms with van der Waals surface area (Å²) in [6, 6.07) is 11.3. The van der Waals surface area contributed by atoms with E-state index in [4.69, 9.17) is 21.7 Å². The molecule has 9 heteroatoms. The summed E-state index contributed by atoms with van der Waals surface area (Å²) in [6.07, 6.45) is 6.96. The van der Waals surface area contributed by atoms with Crippen LogP contribution in [0.2, 0.25) is 0 Å². The fourth-order valence-electron chi connectivity index (χ4n) is 3.75. The fourth-order valence-corrected chi connectivity index (χ4v) is 3.97. The Bertz CT molecular complexity index is 1090. The number of hydrogen-bond acceptors (Lipinski definition) is 6. The van der Waals surface area contributed by atoms with Gasteiger partial charge in [0, 0.05) is 37.3 Å². The zero-order valence-corrected chi connectivity index (χ0v) is 18.9. The number of amides is 1. The number of aromatic amines is 1. The highest BCUT2D eigenvalue weighted by molar-refractivity contribution is 7.71. The summed E-state index contributed by atoms with van der Waals surface area (Å²) in [6.45, 7) is 0.840. The van der Waals surface area contributed by atoms with Crippen LogP contribution >= 0.6 is 12.2 Å². The molecule has 0 spiro atoms. The molecule has 1 aromatic carbocycles. The standard InChI is InChI=1S/C23H27N5O3S/c1-30-18-9-7-17(8-10-18)22-26-27-23(32)28(22)13-12-20(29)24-14-16-6-11-21(25-15-16)31-19-4-2-3-5-19/h6-11,15,19H,2-5,12-14H2,1H3,(H,24,29)(H,27,32). The number of carbonyl (C=O) groups is 1. The van der Waals surface area contributed by atoms with Crippen molar-refractivity contribution in [3.05, 3.63) is 52.9 Å². The van der Waals surface area contributed by atoms with Gasteiger partial charge in [-0.3, -0.25) is 14.5 Å². The van der Waals surface area contributed by atoms with E-state index < -0.39 is 0 Å². The van der Waals surface area contributed by atoms with Gasteiger partial charge in [-0.25, -0.2) is 4.98 Å². The number of methoxy groups -OCH3 is 1. The van der Waals surface area contributed by atoms with E-state index in [0.29, 0.717) is 29.6 Å². The number of aromatic nitrogens is 4. The summed E-state index contributed by atoms with van der Waals surface area (Å²) in [7, 11) is 1.62. The van der Waals surface area contributed by atoms with Gasteiger partial charge in [-0.15, -0.1) is 0 Å². The maximum atomic E-state index is 12.4. The van der Waals surface area contributed by atoms with Crippen LogP contribution in [0.4, 0.5) is 0 Å². The van der Waals surface area contributed by atoms with Crippen molar-refractivity contribution in [1.82, 2.24) is 25.1 Å². The first kappa shape index (κ1) is 22.0. The Kier molecular flexibility index (Phi) is 7.16. The zero-order valence-electron chi connectivity index (χ0n) is 18.0. The Labute approximate surface area is 192 Å². The maximum absolute atomic E-state index is 12.4. The molecule has 168 valence electrons. The lowest BCUT2D eigenvalue weighted by molar-refractivity contribution is -0.121. The van der Waals surface area contributed by atoms with Crippen molar-refractivity contribution in [2.24, 2.45) is 0 Å². The summed E-state index contributed by atoms with van der Waals surface area (Å²) in [5.41, 5.74) is 1.82. The molecule has 2 N–H and O–H groups in total. The molecule has 2 heterocycles. The molecule has 0 bridgehead atoms. The lowest BCUT2D eigenvalue weighted by Crippen LogP contribution is -2.24. The molecule has 0 atom stereocenters. The van der Waals surface area contributed by atoms with E-state index >= 15 is 0 Å². The molecule has 0 unspecified atom stereocenters. The maximum Gasteiger partial charge on any atom is 0.222 e. The number of ether oxygens (including phenoxy) is 2. The van der Waals surface area contributed by atoms with Crippen LogP contribution in [0.25, 0.3) is 11.4 Å². The minimum atomic E-state index is -0.0694. The van der Waals surface area contributed by atoms with E-state index in [0.717, 1.165) is 29.7 Å². The second kappa shape index (κ2) is 10.4. The van der Waals surface area contributed by atoms with Crippen molar-refractivity contribution in [1.29, 1.82) is 0 Å². The number of nitrogens with zero attached hydrogens (tertiary/aromatic N) is 3. The average molecular weight is 454 g/mol. The third-order valence-electron chi connectivity index (χ3n) is 5.55. The van der Waals surface area contributed by atoms with E-state index in [1.807, 2.05) is 41.0 Å². The Morgan fingerprint density at radius 3 is 2.69 bits per heavy atom. The van der Waals surface area contributed by atoms with Crippen LogP contribution in [0.1, 0.15) is 37.7 Å². The highest BCUT2D eigenvalue weighted by atomic mass is 32.1. The van der Waals surface area contributed by atoms with Crippen LogP contribution in [0.15, 0.2) is 42.6 Å². The smallest absolute Gasteiger partial charge is 0.222 e. The van der Waals surface area contributed by atoms with Gasteiger partial charge in [-0.05, 0) is 67.7 Å². The molecule has 1 fully saturated rings. The second-order valence-corrected chi connectivity index (χ2v) is 8.17. The van der Waals surface area contributed by atoms with E-state index in [-0.39, 0.29) is 18.4 Å². The van der Waals surface area contributed by atoms with Gasteiger partial charge in [-0.2, -0.15) is 5.10 Å². The van der Waals surface area contributed by atoms with Crippen LogP contribution in [0, 0.1) is 4.77 Å². The van der Waals surface area contributed by atoms with E-state index in [1.54, 1.807) is 13.3 Å². The third-order valence-corrected chi connectivity index (χ3v) is 5.86. The van der Waals surface area contributed by atoms with Gasteiger partial charge in [0.1, 0.15) is 11.9 Å². The van der Waals surface area contributed by atoms with Crippen LogP contribution < -0.4 is 14.8 Å². The lowest BCUT2D eigenvalue weighted by Gasteiger charge is -2.12. The second-order valence-electron chi connectivity index (χ2n) is 7.79. The minimum absolute atomic E-state index is 0.0694. The fraction of sp³-hybridized carbons (Fsp3) is 0.391. The van der Waals surface area contributed by atoms with E-state index in [2.05, 4.69) is 20.5 Å². The zero-order chi connectivity index (χ0) is 22.3. The molecule has 1 aliphatic carbocycles. The number of pyridine rings is 1. The quantitative estimate of drug-likeness (QED) is 0.475. The van der Waals surface area contributed by atoms with Crippen LogP contribution in [-0.2, 0) is 17.9 Å². The Morgan fingerprint density at radius 2 is 2.00 bits per heavy atom. The van der Waals surface area contributed by atoms with Crippen LogP contribution in [0.3, 0.4) is 0 Å². The summed E-state index contributed by atoms with van der Waals surface area (Å²) < 4.78 is 13.4. The van der Waals surface area contributed by atoms with Crippen molar-refractivity contribution in [2.75, 3.05) is 7.11 Å². The Balaban J connectivity index is 1.29. The molecule has 0 saturated heterocycles. The number of benzene rings is 1. The van der Waals surface area contributed by atoms with Gasteiger partial charge in [0.05, 0.1) is 7.11 Å². The molecule has 1 amide bonds. The number of rotatable bonds is 9. The lowest BCUT2D eigenvalue weighted by atomic mass is 10.2. The number of H-pyrrole nitrogens is 1. The topological polar surface area (TPSA) is 94.1 Å². The number of nitrogens with one attached hydrogen (secondary N) is 2. The van der Waals surface area contributed by atoms with Crippen molar-refractivity contribution in [3.8, 4) is 23.0 Å². The summed E-state index contributed by atoms with van der Waals surface area (Å²) in [4.78, 5) is 16.8. The first-order valence-corrected chi connectivity index (χ1v) is 11.2. The first-order chi connectivity index (χ1) is 15.6.